The third-order valence-corrected chi connectivity index (χ3v) is 7.94. The first-order valence-electron chi connectivity index (χ1n) is 11.4. The molecule has 34 heavy (non-hydrogen) atoms. The first kappa shape index (κ1) is 25.8. The number of benzene rings is 2. The van der Waals surface area contributed by atoms with E-state index >= 15 is 0 Å². The van der Waals surface area contributed by atoms with Crippen LogP contribution in [0.3, 0.4) is 0 Å². The molecule has 1 fully saturated rings. The highest BCUT2D eigenvalue weighted by molar-refractivity contribution is 7.89. The lowest BCUT2D eigenvalue weighted by Gasteiger charge is -2.31. The van der Waals surface area contributed by atoms with E-state index in [1.807, 2.05) is 19.2 Å². The number of hydrogen-bond donors (Lipinski definition) is 2. The van der Waals surface area contributed by atoms with Gasteiger partial charge in [-0.25, -0.2) is 8.42 Å². The second-order valence-corrected chi connectivity index (χ2v) is 10.2. The number of carbonyl (C=O) groups excluding carboxylic acids is 2. The number of sulfonamides is 1. The molecule has 0 unspecified atom stereocenters. The van der Waals surface area contributed by atoms with Crippen molar-refractivity contribution in [3.8, 4) is 0 Å². The fraction of sp³-hybridized carbons (Fsp3) is 0.417. The van der Waals surface area contributed by atoms with Gasteiger partial charge in [0, 0.05) is 43.9 Å². The largest absolute Gasteiger partial charge is 0.304 e. The Balaban J connectivity index is 1.55. The minimum atomic E-state index is -3.60. The van der Waals surface area contributed by atoms with Gasteiger partial charge in [-0.1, -0.05) is 26.0 Å². The highest BCUT2D eigenvalue weighted by Crippen LogP contribution is 2.18. The molecule has 2 amide bonds. The zero-order valence-corrected chi connectivity index (χ0v) is 20.8. The fourth-order valence-electron chi connectivity index (χ4n) is 3.68. The van der Waals surface area contributed by atoms with Gasteiger partial charge in [-0.05, 0) is 62.1 Å². The summed E-state index contributed by atoms with van der Waals surface area (Å²) < 4.78 is 27.1. The normalized spacial score (nSPS) is 15.3. The highest BCUT2D eigenvalue weighted by atomic mass is 32.2. The van der Waals surface area contributed by atoms with Crippen LogP contribution < -0.4 is 10.9 Å². The molecule has 1 saturated heterocycles. The first-order valence-corrected chi connectivity index (χ1v) is 12.9. The van der Waals surface area contributed by atoms with Crippen molar-refractivity contribution in [3.05, 3.63) is 65.2 Å². The van der Waals surface area contributed by atoms with E-state index in [0.717, 1.165) is 25.2 Å². The van der Waals surface area contributed by atoms with Crippen LogP contribution >= 0.6 is 0 Å². The zero-order valence-electron chi connectivity index (χ0n) is 20.0. The monoisotopic (exact) mass is 487 g/mol. The summed E-state index contributed by atoms with van der Waals surface area (Å²) >= 11 is 0. The van der Waals surface area contributed by atoms with Gasteiger partial charge in [0.05, 0.1) is 4.90 Å². The van der Waals surface area contributed by atoms with Crippen molar-refractivity contribution in [2.24, 2.45) is 0 Å². The molecule has 2 N–H and O–H groups in total. The maximum absolute atomic E-state index is 12.8. The summed E-state index contributed by atoms with van der Waals surface area (Å²) in [4.78, 5) is 29.3. The molecule has 1 heterocycles. The van der Waals surface area contributed by atoms with Gasteiger partial charge in [0.25, 0.3) is 11.8 Å². The van der Waals surface area contributed by atoms with E-state index in [9.17, 15) is 18.0 Å². The van der Waals surface area contributed by atoms with E-state index in [0.29, 0.717) is 31.7 Å². The van der Waals surface area contributed by atoms with Crippen molar-refractivity contribution >= 4 is 21.8 Å². The Kier molecular flexibility index (Phi) is 8.78. The van der Waals surface area contributed by atoms with Gasteiger partial charge in [-0.2, -0.15) is 4.31 Å². The lowest BCUT2D eigenvalue weighted by Crippen LogP contribution is -2.47. The van der Waals surface area contributed by atoms with Gasteiger partial charge < -0.3 is 4.90 Å². The Morgan fingerprint density at radius 3 is 1.76 bits per heavy atom. The summed E-state index contributed by atoms with van der Waals surface area (Å²) in [5, 5.41) is 0. The van der Waals surface area contributed by atoms with E-state index in [1.165, 1.54) is 28.6 Å². The third kappa shape index (κ3) is 6.41. The Morgan fingerprint density at radius 2 is 1.29 bits per heavy atom. The van der Waals surface area contributed by atoms with Crippen molar-refractivity contribution in [1.29, 1.82) is 0 Å². The number of piperazine rings is 1. The van der Waals surface area contributed by atoms with Crippen LogP contribution in [0.15, 0.2) is 53.4 Å². The number of hydrogen-bond acceptors (Lipinski definition) is 6. The van der Waals surface area contributed by atoms with E-state index in [1.54, 1.807) is 12.1 Å². The summed E-state index contributed by atoms with van der Waals surface area (Å²) in [5.74, 6) is -0.966. The molecule has 0 saturated carbocycles. The average Bonchev–Trinajstić information content (AvgIpc) is 2.86. The number of likely N-dealkylation sites (N-methyl/N-ethyl adjacent to an activating group) is 1. The molecule has 10 heteroatoms. The molecule has 2 aromatic carbocycles. The van der Waals surface area contributed by atoms with Crippen LogP contribution in [0.4, 0.5) is 0 Å². The van der Waals surface area contributed by atoms with Crippen molar-refractivity contribution in [1.82, 2.24) is 25.0 Å². The van der Waals surface area contributed by atoms with E-state index in [-0.39, 0.29) is 10.5 Å². The van der Waals surface area contributed by atoms with Gasteiger partial charge in [-0.15, -0.1) is 0 Å². The van der Waals surface area contributed by atoms with Gasteiger partial charge in [0.2, 0.25) is 10.0 Å². The predicted molar refractivity (Wildman–Crippen MR) is 131 cm³/mol. The Morgan fingerprint density at radius 1 is 0.824 bits per heavy atom. The molecule has 0 spiro atoms. The number of nitrogens with one attached hydrogen (secondary N) is 2. The number of hydrazine groups is 1. The molecule has 184 valence electrons. The molecule has 0 bridgehead atoms. The molecule has 0 aliphatic carbocycles. The van der Waals surface area contributed by atoms with E-state index in [4.69, 9.17) is 0 Å². The number of rotatable bonds is 8. The molecule has 0 atom stereocenters. The summed E-state index contributed by atoms with van der Waals surface area (Å²) in [6, 6.07) is 12.9. The molecule has 3 rings (SSSR count). The standard InChI is InChI=1S/C24H33N5O4S/c1-4-28(5-2)18-19-6-8-20(9-7-19)23(30)25-26-24(31)21-10-12-22(13-11-21)34(32,33)29-16-14-27(3)15-17-29/h6-13H,4-5,14-18H2,1-3H3,(H,25,30)(H,26,31). The second kappa shape index (κ2) is 11.6. The topological polar surface area (TPSA) is 102 Å². The van der Waals surface area contributed by atoms with Gasteiger partial charge in [-0.3, -0.25) is 25.3 Å². The highest BCUT2D eigenvalue weighted by Gasteiger charge is 2.27. The minimum Gasteiger partial charge on any atom is -0.304 e. The van der Waals surface area contributed by atoms with Crippen LogP contribution in [0.5, 0.6) is 0 Å². The zero-order chi connectivity index (χ0) is 24.7. The van der Waals surface area contributed by atoms with E-state index < -0.39 is 21.8 Å². The van der Waals surface area contributed by atoms with Gasteiger partial charge in [0.15, 0.2) is 0 Å². The van der Waals surface area contributed by atoms with Crippen molar-refractivity contribution in [2.45, 2.75) is 25.3 Å². The minimum absolute atomic E-state index is 0.141. The molecule has 0 radical (unpaired) electrons. The SMILES string of the molecule is CCN(CC)Cc1ccc(C(=O)NNC(=O)c2ccc(S(=O)(=O)N3CCN(C)CC3)cc2)cc1. The lowest BCUT2D eigenvalue weighted by molar-refractivity contribution is 0.0846. The quantitative estimate of drug-likeness (QED) is 0.548. The third-order valence-electron chi connectivity index (χ3n) is 6.02. The van der Waals surface area contributed by atoms with Crippen molar-refractivity contribution in [2.75, 3.05) is 46.3 Å². The fourth-order valence-corrected chi connectivity index (χ4v) is 5.10. The molecular weight excluding hydrogens is 454 g/mol. The smallest absolute Gasteiger partial charge is 0.269 e. The number of amides is 2. The van der Waals surface area contributed by atoms with Gasteiger partial charge >= 0.3 is 0 Å². The van der Waals surface area contributed by atoms with Crippen LogP contribution in [-0.4, -0.2) is 80.7 Å². The Labute approximate surface area is 201 Å². The van der Waals surface area contributed by atoms with E-state index in [2.05, 4.69) is 34.5 Å². The van der Waals surface area contributed by atoms with Crippen molar-refractivity contribution < 1.29 is 18.0 Å². The first-order chi connectivity index (χ1) is 16.2. The number of nitrogens with zero attached hydrogens (tertiary/aromatic N) is 3. The Hall–Kier alpha value is -2.79. The van der Waals surface area contributed by atoms with Crippen LogP contribution in [0.1, 0.15) is 40.1 Å². The summed E-state index contributed by atoms with van der Waals surface area (Å²) in [7, 11) is -1.65. The predicted octanol–water partition coefficient (Wildman–Crippen LogP) is 1.54. The maximum Gasteiger partial charge on any atom is 0.269 e. The van der Waals surface area contributed by atoms with Crippen LogP contribution in [0, 0.1) is 0 Å². The number of carbonyl (C=O) groups is 2. The van der Waals surface area contributed by atoms with Gasteiger partial charge in [0.1, 0.15) is 0 Å². The summed E-state index contributed by atoms with van der Waals surface area (Å²) in [6.45, 7) is 9.15. The lowest BCUT2D eigenvalue weighted by atomic mass is 10.1. The summed E-state index contributed by atoms with van der Waals surface area (Å²) in [5.41, 5.74) is 6.56. The van der Waals surface area contributed by atoms with Crippen LogP contribution in [0.25, 0.3) is 0 Å². The van der Waals surface area contributed by atoms with Crippen molar-refractivity contribution in [3.63, 3.8) is 0 Å². The van der Waals surface area contributed by atoms with Crippen LogP contribution in [-0.2, 0) is 16.6 Å². The molecule has 1 aliphatic rings. The maximum atomic E-state index is 12.8. The molecule has 2 aromatic rings. The van der Waals surface area contributed by atoms with Crippen LogP contribution in [0.2, 0.25) is 0 Å². The molecule has 9 nitrogen and oxygen atoms in total. The second-order valence-electron chi connectivity index (χ2n) is 8.30. The average molecular weight is 488 g/mol. The summed E-state index contributed by atoms with van der Waals surface area (Å²) in [6.07, 6.45) is 0. The molecular formula is C24H33N5O4S. The molecule has 1 aliphatic heterocycles. The Bertz CT molecular complexity index is 1080. The molecule has 0 aromatic heterocycles.